The number of hydrogen-bond donors (Lipinski definition) is 0. The number of oxime groups is 1. The predicted octanol–water partition coefficient (Wildman–Crippen LogP) is 6.71. The maximum atomic E-state index is 12.8. The zero-order valence-corrected chi connectivity index (χ0v) is 27.5. The first kappa shape index (κ1) is 33.0. The van der Waals surface area contributed by atoms with E-state index in [1.165, 1.54) is 11.3 Å². The molecule has 4 atom stereocenters. The lowest BCUT2D eigenvalue weighted by Crippen LogP contribution is -2.40. The average Bonchev–Trinajstić information content (AvgIpc) is 3.07. The molecule has 4 unspecified atom stereocenters. The van der Waals surface area contributed by atoms with Gasteiger partial charge in [-0.05, 0) is 94.5 Å². The monoisotopic (exact) mass is 627 g/mol. The van der Waals surface area contributed by atoms with E-state index >= 15 is 0 Å². The Morgan fingerprint density at radius 1 is 1.07 bits per heavy atom. The van der Waals surface area contributed by atoms with Crippen LogP contribution in [0.1, 0.15) is 61.7 Å². The minimum absolute atomic E-state index is 0.0578. The maximum Gasteiger partial charge on any atom is 0.306 e. The third kappa shape index (κ3) is 8.88. The second-order valence-electron chi connectivity index (χ2n) is 12.0. The zero-order valence-electron chi connectivity index (χ0n) is 27.5. The molecule has 2 aliphatic rings. The molecule has 244 valence electrons. The van der Waals surface area contributed by atoms with Crippen LogP contribution < -0.4 is 14.4 Å². The smallest absolute Gasteiger partial charge is 0.306 e. The molecule has 9 nitrogen and oxygen atoms in total. The summed E-state index contributed by atoms with van der Waals surface area (Å²) in [6.45, 7) is 9.79. The van der Waals surface area contributed by atoms with Gasteiger partial charge in [-0.1, -0.05) is 41.6 Å². The van der Waals surface area contributed by atoms with Crippen LogP contribution >= 0.6 is 0 Å². The van der Waals surface area contributed by atoms with Crippen molar-refractivity contribution in [2.45, 2.75) is 77.8 Å². The van der Waals surface area contributed by atoms with Gasteiger partial charge in [-0.25, -0.2) is 0 Å². The lowest BCUT2D eigenvalue weighted by molar-refractivity contribution is -0.152. The van der Waals surface area contributed by atoms with Crippen LogP contribution in [0.3, 0.4) is 0 Å². The van der Waals surface area contributed by atoms with Crippen molar-refractivity contribution in [2.24, 2.45) is 5.16 Å². The summed E-state index contributed by atoms with van der Waals surface area (Å²) in [5.74, 6) is 1.08. The van der Waals surface area contributed by atoms with Gasteiger partial charge < -0.3 is 28.7 Å². The predicted molar refractivity (Wildman–Crippen MR) is 179 cm³/mol. The van der Waals surface area contributed by atoms with Gasteiger partial charge in [0.2, 0.25) is 0 Å². The Hall–Kier alpha value is -4.37. The lowest BCUT2D eigenvalue weighted by Gasteiger charge is -2.32. The number of rotatable bonds is 13. The number of fused-ring (bicyclic) bond motifs is 1. The highest BCUT2D eigenvalue weighted by Crippen LogP contribution is 2.30. The molecule has 0 aliphatic carbocycles. The number of carbonyl (C=O) groups excluding carboxylic acids is 1. The number of esters is 1. The molecule has 46 heavy (non-hydrogen) atoms. The van der Waals surface area contributed by atoms with Crippen molar-refractivity contribution in [3.8, 4) is 11.5 Å². The molecule has 0 saturated heterocycles. The number of pyridine rings is 1. The van der Waals surface area contributed by atoms with Crippen molar-refractivity contribution in [1.29, 1.82) is 0 Å². The molecule has 0 radical (unpaired) electrons. The van der Waals surface area contributed by atoms with Crippen molar-refractivity contribution in [3.05, 3.63) is 95.3 Å². The van der Waals surface area contributed by atoms with Crippen LogP contribution in [-0.2, 0) is 25.5 Å². The van der Waals surface area contributed by atoms with Gasteiger partial charge in [0.25, 0.3) is 0 Å². The van der Waals surface area contributed by atoms with Crippen LogP contribution in [0.2, 0.25) is 0 Å². The van der Waals surface area contributed by atoms with Gasteiger partial charge >= 0.3 is 5.97 Å². The summed E-state index contributed by atoms with van der Waals surface area (Å²) in [5, 5.41) is 4.32. The topological polar surface area (TPSA) is 91.7 Å². The van der Waals surface area contributed by atoms with Gasteiger partial charge in [-0.15, -0.1) is 0 Å². The summed E-state index contributed by atoms with van der Waals surface area (Å²) in [6.07, 6.45) is 5.33. The van der Waals surface area contributed by atoms with Crippen LogP contribution in [-0.4, -0.2) is 61.8 Å². The molecule has 0 bridgehead atoms. The Labute approximate surface area is 272 Å². The van der Waals surface area contributed by atoms with Gasteiger partial charge in [-0.3, -0.25) is 9.78 Å². The van der Waals surface area contributed by atoms with E-state index in [4.69, 9.17) is 28.8 Å². The number of nitrogens with zero attached hydrogens (tertiary/aromatic N) is 3. The fourth-order valence-electron chi connectivity index (χ4n) is 5.58. The summed E-state index contributed by atoms with van der Waals surface area (Å²) in [5.41, 5.74) is 6.39. The molecular weight excluding hydrogens is 582 g/mol. The molecule has 3 heterocycles. The first-order valence-corrected chi connectivity index (χ1v) is 16.1. The molecule has 2 aliphatic heterocycles. The minimum atomic E-state index is -0.497. The van der Waals surface area contributed by atoms with E-state index in [2.05, 4.69) is 30.0 Å². The zero-order chi connectivity index (χ0) is 32.5. The summed E-state index contributed by atoms with van der Waals surface area (Å²) < 4.78 is 23.5. The summed E-state index contributed by atoms with van der Waals surface area (Å²) >= 11 is 0. The van der Waals surface area contributed by atoms with E-state index in [1.54, 1.807) is 7.11 Å². The van der Waals surface area contributed by atoms with E-state index in [0.717, 1.165) is 54.3 Å². The number of hydrogen-bond acceptors (Lipinski definition) is 9. The van der Waals surface area contributed by atoms with E-state index in [9.17, 15) is 4.79 Å². The molecule has 0 amide bonds. The number of aromatic nitrogens is 1. The fraction of sp³-hybridized carbons (Fsp3) is 0.432. The van der Waals surface area contributed by atoms with E-state index < -0.39 is 12.2 Å². The molecule has 9 heteroatoms. The number of anilines is 1. The highest BCUT2D eigenvalue weighted by Gasteiger charge is 2.31. The number of aryl methyl sites for hydroxylation is 3. The van der Waals surface area contributed by atoms with Gasteiger partial charge in [0, 0.05) is 12.2 Å². The second kappa shape index (κ2) is 15.8. The first-order chi connectivity index (χ1) is 22.3. The standard InChI is InChI=1S/C37H45N3O6/c1-25-22-33-32(38-28(25)4)12-9-21-40(33)23-27(3)46-39-26(2)13-20-37(41)43-24-36-35(44-31-16-14-30(42-5)15-17-31)19-18-34(45-36)29-10-7-6-8-11-29/h6-8,10-11,14-19,22,27,34-36H,9,12-13,20-21,23-24H2,1-5H3. The molecule has 0 fully saturated rings. The second-order valence-corrected chi connectivity index (χ2v) is 12.0. The molecule has 5 rings (SSSR count). The van der Waals surface area contributed by atoms with Gasteiger partial charge in [0.05, 0.1) is 37.2 Å². The lowest BCUT2D eigenvalue weighted by atomic mass is 10.0. The SMILES string of the molecule is COc1ccc(OC2C=CC(c3ccccc3)OC2COC(=O)CCC(C)=NOC(C)CN2CCCc3nc(C)c(C)cc32)cc1. The van der Waals surface area contributed by atoms with Crippen molar-refractivity contribution < 1.29 is 28.6 Å². The third-order valence-corrected chi connectivity index (χ3v) is 8.29. The van der Waals surface area contributed by atoms with Crippen LogP contribution in [0.5, 0.6) is 11.5 Å². The number of benzene rings is 2. The number of carbonyl (C=O) groups is 1. The normalized spacial score (nSPS) is 20.1. The van der Waals surface area contributed by atoms with E-state index in [-0.39, 0.29) is 31.2 Å². The fourth-order valence-corrected chi connectivity index (χ4v) is 5.58. The number of ether oxygens (including phenoxy) is 4. The molecule has 1 aromatic heterocycles. The molecule has 0 saturated carbocycles. The van der Waals surface area contributed by atoms with Gasteiger partial charge in [-0.2, -0.15) is 0 Å². The van der Waals surface area contributed by atoms with Crippen LogP contribution in [0.4, 0.5) is 5.69 Å². The molecule has 2 aromatic carbocycles. The third-order valence-electron chi connectivity index (χ3n) is 8.29. The summed E-state index contributed by atoms with van der Waals surface area (Å²) in [4.78, 5) is 25.7. The van der Waals surface area contributed by atoms with Gasteiger partial charge in [0.1, 0.15) is 42.5 Å². The Balaban J connectivity index is 1.11. The Kier molecular flexibility index (Phi) is 11.3. The highest BCUT2D eigenvalue weighted by molar-refractivity contribution is 5.85. The van der Waals surface area contributed by atoms with Gasteiger partial charge in [0.15, 0.2) is 0 Å². The molecule has 3 aromatic rings. The largest absolute Gasteiger partial charge is 0.497 e. The van der Waals surface area contributed by atoms with E-state index in [1.807, 2.05) is 80.6 Å². The Morgan fingerprint density at radius 2 is 1.83 bits per heavy atom. The van der Waals surface area contributed by atoms with Crippen molar-refractivity contribution in [3.63, 3.8) is 0 Å². The Bertz CT molecular complexity index is 1510. The summed E-state index contributed by atoms with van der Waals surface area (Å²) in [7, 11) is 1.62. The Morgan fingerprint density at radius 3 is 2.59 bits per heavy atom. The molecular formula is C37H45N3O6. The quantitative estimate of drug-likeness (QED) is 0.0894. The van der Waals surface area contributed by atoms with E-state index in [0.29, 0.717) is 12.2 Å². The highest BCUT2D eigenvalue weighted by atomic mass is 16.6. The van der Waals surface area contributed by atoms with Crippen LogP contribution in [0.15, 0.2) is 78.0 Å². The van der Waals surface area contributed by atoms with Crippen molar-refractivity contribution in [1.82, 2.24) is 4.98 Å². The van der Waals surface area contributed by atoms with Crippen molar-refractivity contribution in [2.75, 3.05) is 31.7 Å². The maximum absolute atomic E-state index is 12.8. The minimum Gasteiger partial charge on any atom is -0.497 e. The number of methoxy groups -OCH3 is 1. The average molecular weight is 628 g/mol. The van der Waals surface area contributed by atoms with Crippen molar-refractivity contribution >= 4 is 17.4 Å². The summed E-state index contributed by atoms with van der Waals surface area (Å²) in [6, 6.07) is 19.5. The first-order valence-electron chi connectivity index (χ1n) is 16.1. The van der Waals surface area contributed by atoms with Crippen LogP contribution in [0.25, 0.3) is 0 Å². The molecule has 0 N–H and O–H groups in total. The van der Waals surface area contributed by atoms with Crippen LogP contribution in [0, 0.1) is 13.8 Å². The molecule has 0 spiro atoms.